The molecule has 4 heteroatoms. The third-order valence-electron chi connectivity index (χ3n) is 13.6. The van der Waals surface area contributed by atoms with Crippen molar-refractivity contribution in [2.45, 2.75) is 289 Å². The van der Waals surface area contributed by atoms with Gasteiger partial charge >= 0.3 is 0 Å². The molecule has 0 aromatic heterocycles. The zero-order chi connectivity index (χ0) is 54.1. The van der Waals surface area contributed by atoms with Crippen molar-refractivity contribution >= 4 is 5.91 Å². The molecular weight excluding hydrogens is 915 g/mol. The Morgan fingerprint density at radius 3 is 0.933 bits per heavy atom. The van der Waals surface area contributed by atoms with E-state index >= 15 is 0 Å². The SMILES string of the molecule is CC/C=C\C/C=C\C/C=C\C/C=C\C/C=C\C/C=C\C/C=C\C/C=C\C/C=C\C/C=C\CCCCC(=O)NC(CO)C(O)/C=C/CC/C=C/CCCCCCCCCCCCCCCCCCCCCCCCCC. The van der Waals surface area contributed by atoms with Crippen molar-refractivity contribution in [1.82, 2.24) is 5.32 Å². The number of nitrogens with one attached hydrogen (secondary N) is 1. The van der Waals surface area contributed by atoms with Crippen LogP contribution in [-0.2, 0) is 4.79 Å². The maximum Gasteiger partial charge on any atom is 0.220 e. The molecule has 0 aromatic rings. The van der Waals surface area contributed by atoms with Crippen LogP contribution in [0.3, 0.4) is 0 Å². The molecule has 0 aliphatic rings. The Bertz CT molecular complexity index is 1550. The van der Waals surface area contributed by atoms with Gasteiger partial charge in [-0.2, -0.15) is 0 Å². The Balaban J connectivity index is 3.68. The fourth-order valence-corrected chi connectivity index (χ4v) is 8.81. The lowest BCUT2D eigenvalue weighted by atomic mass is 10.0. The van der Waals surface area contributed by atoms with Crippen molar-refractivity contribution in [3.05, 3.63) is 146 Å². The van der Waals surface area contributed by atoms with Crippen LogP contribution in [0.4, 0.5) is 0 Å². The molecule has 0 saturated heterocycles. The summed E-state index contributed by atoms with van der Waals surface area (Å²) in [4.78, 5) is 12.5. The Morgan fingerprint density at radius 2 is 0.600 bits per heavy atom. The van der Waals surface area contributed by atoms with Crippen molar-refractivity contribution in [1.29, 1.82) is 0 Å². The van der Waals surface area contributed by atoms with Crippen LogP contribution in [0.2, 0.25) is 0 Å². The highest BCUT2D eigenvalue weighted by atomic mass is 16.3. The highest BCUT2D eigenvalue weighted by molar-refractivity contribution is 5.76. The van der Waals surface area contributed by atoms with Gasteiger partial charge in [-0.05, 0) is 109 Å². The molecule has 0 heterocycles. The molecule has 4 nitrogen and oxygen atoms in total. The third kappa shape index (κ3) is 61.0. The van der Waals surface area contributed by atoms with Gasteiger partial charge in [-0.15, -0.1) is 0 Å². The van der Waals surface area contributed by atoms with E-state index in [1.807, 2.05) is 6.08 Å². The van der Waals surface area contributed by atoms with Crippen LogP contribution < -0.4 is 5.32 Å². The summed E-state index contributed by atoms with van der Waals surface area (Å²) in [5, 5.41) is 23.2. The lowest BCUT2D eigenvalue weighted by Gasteiger charge is -2.19. The number of unbranched alkanes of at least 4 members (excludes halogenated alkanes) is 27. The first-order chi connectivity index (χ1) is 37.2. The molecule has 0 bridgehead atoms. The van der Waals surface area contributed by atoms with Crippen LogP contribution in [0.5, 0.6) is 0 Å². The van der Waals surface area contributed by atoms with E-state index in [1.54, 1.807) is 6.08 Å². The van der Waals surface area contributed by atoms with Crippen molar-refractivity contribution in [3.8, 4) is 0 Å². The van der Waals surface area contributed by atoms with Crippen LogP contribution in [-0.4, -0.2) is 34.9 Å². The van der Waals surface area contributed by atoms with E-state index in [9.17, 15) is 15.0 Å². The van der Waals surface area contributed by atoms with Crippen LogP contribution in [0, 0.1) is 0 Å². The third-order valence-corrected chi connectivity index (χ3v) is 13.6. The van der Waals surface area contributed by atoms with E-state index in [-0.39, 0.29) is 12.5 Å². The van der Waals surface area contributed by atoms with Gasteiger partial charge in [-0.1, -0.05) is 307 Å². The van der Waals surface area contributed by atoms with Crippen LogP contribution >= 0.6 is 0 Å². The minimum atomic E-state index is -0.894. The fraction of sp³-hybridized carbons (Fsp3) is 0.648. The Labute approximate surface area is 465 Å². The molecule has 75 heavy (non-hydrogen) atoms. The fourth-order valence-electron chi connectivity index (χ4n) is 8.81. The van der Waals surface area contributed by atoms with Gasteiger partial charge in [0.15, 0.2) is 0 Å². The number of amides is 1. The predicted molar refractivity (Wildman–Crippen MR) is 335 cm³/mol. The van der Waals surface area contributed by atoms with E-state index in [2.05, 4.69) is 153 Å². The van der Waals surface area contributed by atoms with Crippen LogP contribution in [0.15, 0.2) is 146 Å². The summed E-state index contributed by atoms with van der Waals surface area (Å²) in [6.45, 7) is 4.18. The van der Waals surface area contributed by atoms with Gasteiger partial charge in [-0.25, -0.2) is 0 Å². The maximum atomic E-state index is 12.5. The molecule has 2 unspecified atom stereocenters. The normalized spacial score (nSPS) is 13.8. The molecule has 0 rings (SSSR count). The van der Waals surface area contributed by atoms with Gasteiger partial charge in [-0.3, -0.25) is 4.79 Å². The van der Waals surface area contributed by atoms with Crippen LogP contribution in [0.25, 0.3) is 0 Å². The lowest BCUT2D eigenvalue weighted by Crippen LogP contribution is -2.45. The van der Waals surface area contributed by atoms with E-state index < -0.39 is 12.1 Å². The molecular formula is C71H119NO3. The van der Waals surface area contributed by atoms with E-state index in [1.165, 1.54) is 154 Å². The first kappa shape index (κ1) is 71.3. The van der Waals surface area contributed by atoms with Crippen molar-refractivity contribution in [3.63, 3.8) is 0 Å². The van der Waals surface area contributed by atoms with Gasteiger partial charge in [0.25, 0.3) is 0 Å². The highest BCUT2D eigenvalue weighted by Gasteiger charge is 2.17. The maximum absolute atomic E-state index is 12.5. The quantitative estimate of drug-likeness (QED) is 0.0420. The standard InChI is InChI=1S/C71H119NO3/c1-3-5-7-9-11-13-15-17-19-21-23-25-27-29-31-33-35-36-37-39-41-43-45-47-49-51-53-55-57-59-61-63-65-67-71(75)72-69(68-73)70(74)66-64-62-60-58-56-54-52-50-48-46-44-42-40-38-34-32-30-28-26-24-22-20-18-16-14-12-10-8-6-4-2/h5,7,11,13,17,19,23,25,29,31,35-36,39,41,45,47,51,53,56-59,64,66,69-70,73-74H,3-4,6,8-10,12,14-16,18,20-22,24,26-28,30,32-34,37-38,40,42-44,46,48-50,52,54-55,60-63,65,67-68H2,1-2H3,(H,72,75)/b7-5-,13-11-,19-17-,25-23-,31-29-,36-35-,41-39-,47-45-,53-51-,58-56+,59-57-,66-64+. The molecule has 3 N–H and O–H groups in total. The van der Waals surface area contributed by atoms with Gasteiger partial charge < -0.3 is 15.5 Å². The second kappa shape index (κ2) is 64.6. The monoisotopic (exact) mass is 1030 g/mol. The average Bonchev–Trinajstić information content (AvgIpc) is 3.41. The number of hydrogen-bond donors (Lipinski definition) is 3. The van der Waals surface area contributed by atoms with Crippen LogP contribution in [0.1, 0.15) is 277 Å². The molecule has 0 fully saturated rings. The molecule has 0 aliphatic heterocycles. The Hall–Kier alpha value is -3.73. The number of aliphatic hydroxyl groups excluding tert-OH is 2. The predicted octanol–water partition coefficient (Wildman–Crippen LogP) is 21.5. The smallest absolute Gasteiger partial charge is 0.220 e. The number of aliphatic hydroxyl groups is 2. The second-order valence-corrected chi connectivity index (χ2v) is 20.7. The number of carbonyl (C=O) groups excluding carboxylic acids is 1. The summed E-state index contributed by atoms with van der Waals surface area (Å²) in [7, 11) is 0. The van der Waals surface area contributed by atoms with E-state index in [4.69, 9.17) is 0 Å². The minimum absolute atomic E-state index is 0.120. The van der Waals surface area contributed by atoms with Crippen molar-refractivity contribution in [2.24, 2.45) is 0 Å². The largest absolute Gasteiger partial charge is 0.394 e. The molecule has 1 amide bonds. The molecule has 0 spiro atoms. The molecule has 0 aromatic carbocycles. The number of carbonyl (C=O) groups is 1. The first-order valence-electron chi connectivity index (χ1n) is 31.5. The lowest BCUT2D eigenvalue weighted by molar-refractivity contribution is -0.123. The van der Waals surface area contributed by atoms with Gasteiger partial charge in [0.2, 0.25) is 5.91 Å². The topological polar surface area (TPSA) is 69.6 Å². The van der Waals surface area contributed by atoms with Crippen molar-refractivity contribution in [2.75, 3.05) is 6.61 Å². The highest BCUT2D eigenvalue weighted by Crippen LogP contribution is 2.16. The summed E-state index contributed by atoms with van der Waals surface area (Å²) in [5.41, 5.74) is 0. The van der Waals surface area contributed by atoms with E-state index in [0.717, 1.165) is 103 Å². The second-order valence-electron chi connectivity index (χ2n) is 20.7. The Morgan fingerprint density at radius 1 is 0.333 bits per heavy atom. The summed E-state index contributed by atoms with van der Waals surface area (Å²) >= 11 is 0. The van der Waals surface area contributed by atoms with Gasteiger partial charge in [0.05, 0.1) is 18.8 Å². The molecule has 0 radical (unpaired) electrons. The summed E-state index contributed by atoms with van der Waals surface area (Å²) in [6.07, 6.45) is 102. The van der Waals surface area contributed by atoms with Gasteiger partial charge in [0, 0.05) is 6.42 Å². The Kier molecular flexibility index (Phi) is 61.3. The van der Waals surface area contributed by atoms with Gasteiger partial charge in [0.1, 0.15) is 0 Å². The summed E-state index contributed by atoms with van der Waals surface area (Å²) < 4.78 is 0. The molecule has 0 aliphatic carbocycles. The molecule has 0 saturated carbocycles. The number of rotatable bonds is 56. The van der Waals surface area contributed by atoms with E-state index in [0.29, 0.717) is 6.42 Å². The first-order valence-corrected chi connectivity index (χ1v) is 31.5. The summed E-state index contributed by atoms with van der Waals surface area (Å²) in [6, 6.07) is -0.676. The average molecular weight is 1030 g/mol. The summed E-state index contributed by atoms with van der Waals surface area (Å²) in [5.74, 6) is -0.120. The molecule has 426 valence electrons. The molecule has 2 atom stereocenters. The number of allylic oxidation sites excluding steroid dienone is 23. The van der Waals surface area contributed by atoms with Crippen molar-refractivity contribution < 1.29 is 15.0 Å². The zero-order valence-corrected chi connectivity index (χ0v) is 49.0. The zero-order valence-electron chi connectivity index (χ0n) is 49.0. The minimum Gasteiger partial charge on any atom is -0.394 e. The number of hydrogen-bond acceptors (Lipinski definition) is 3.